The molecule has 4 rings (SSSR count). The highest BCUT2D eigenvalue weighted by atomic mass is 16.2. The van der Waals surface area contributed by atoms with Crippen molar-refractivity contribution in [3.05, 3.63) is 99.7 Å². The summed E-state index contributed by atoms with van der Waals surface area (Å²) < 4.78 is 0. The summed E-state index contributed by atoms with van der Waals surface area (Å²) in [6.45, 7) is 10.1. The minimum Gasteiger partial charge on any atom is -0.350 e. The fourth-order valence-corrected chi connectivity index (χ4v) is 4.30. The van der Waals surface area contributed by atoms with Gasteiger partial charge in [0.15, 0.2) is 0 Å². The number of carbonyl (C=O) groups is 2. The lowest BCUT2D eigenvalue weighted by atomic mass is 9.97. The van der Waals surface area contributed by atoms with Gasteiger partial charge in [-0.15, -0.1) is 0 Å². The lowest BCUT2D eigenvalue weighted by Crippen LogP contribution is -2.32. The molecule has 1 N–H and O–H groups in total. The molecule has 0 atom stereocenters. The summed E-state index contributed by atoms with van der Waals surface area (Å²) in [5.41, 5.74) is 8.27. The summed E-state index contributed by atoms with van der Waals surface area (Å²) in [5.74, 6) is -0.647. The van der Waals surface area contributed by atoms with Gasteiger partial charge >= 0.3 is 0 Å². The third kappa shape index (κ3) is 3.96. The fraction of sp³-hybridized carbons (Fsp3) is 0.214. The number of anilines is 2. The molecule has 32 heavy (non-hydrogen) atoms. The first-order valence-corrected chi connectivity index (χ1v) is 10.9. The summed E-state index contributed by atoms with van der Waals surface area (Å²) >= 11 is 0. The van der Waals surface area contributed by atoms with E-state index in [2.05, 4.69) is 18.3 Å². The number of rotatable bonds is 5. The predicted octanol–water partition coefficient (Wildman–Crippen LogP) is 5.88. The van der Waals surface area contributed by atoms with E-state index in [0.717, 1.165) is 45.5 Å². The number of carbonyl (C=O) groups excluding carboxylic acids is 2. The number of hydrogen-bond donors (Lipinski definition) is 1. The quantitative estimate of drug-likeness (QED) is 0.521. The smallest absolute Gasteiger partial charge is 0.282 e. The molecule has 0 aromatic heterocycles. The van der Waals surface area contributed by atoms with Gasteiger partial charge in [-0.25, -0.2) is 4.90 Å². The minimum absolute atomic E-state index is 0.307. The number of hydrogen-bond acceptors (Lipinski definition) is 3. The second kappa shape index (κ2) is 8.46. The van der Waals surface area contributed by atoms with Crippen molar-refractivity contribution >= 4 is 28.8 Å². The number of nitrogens with zero attached hydrogens (tertiary/aromatic N) is 1. The van der Waals surface area contributed by atoms with E-state index >= 15 is 0 Å². The highest BCUT2D eigenvalue weighted by molar-refractivity contribution is 6.46. The zero-order chi connectivity index (χ0) is 23.0. The molecular weight excluding hydrogens is 396 g/mol. The van der Waals surface area contributed by atoms with Crippen LogP contribution in [0.3, 0.4) is 0 Å². The molecule has 0 fully saturated rings. The molecule has 162 valence electrons. The zero-order valence-corrected chi connectivity index (χ0v) is 19.2. The molecule has 4 nitrogen and oxygen atoms in total. The Morgan fingerprint density at radius 1 is 0.750 bits per heavy atom. The Labute approximate surface area is 189 Å². The highest BCUT2D eigenvalue weighted by Crippen LogP contribution is 2.35. The molecule has 0 bridgehead atoms. The van der Waals surface area contributed by atoms with Crippen LogP contribution in [-0.4, -0.2) is 11.8 Å². The molecule has 1 heterocycles. The van der Waals surface area contributed by atoms with Crippen LogP contribution in [0.25, 0.3) is 5.57 Å². The Kier molecular flexibility index (Phi) is 5.70. The van der Waals surface area contributed by atoms with E-state index in [1.165, 1.54) is 4.90 Å². The van der Waals surface area contributed by atoms with E-state index in [9.17, 15) is 9.59 Å². The van der Waals surface area contributed by atoms with Crippen molar-refractivity contribution in [1.82, 2.24) is 0 Å². The minimum atomic E-state index is -0.339. The van der Waals surface area contributed by atoms with Gasteiger partial charge in [-0.1, -0.05) is 48.9 Å². The summed E-state index contributed by atoms with van der Waals surface area (Å²) in [4.78, 5) is 28.5. The fourth-order valence-electron chi connectivity index (χ4n) is 4.30. The summed E-state index contributed by atoms with van der Waals surface area (Å²) in [6, 6.07) is 19.6. The molecule has 1 aliphatic heterocycles. The van der Waals surface area contributed by atoms with E-state index in [1.54, 1.807) is 0 Å². The van der Waals surface area contributed by atoms with Gasteiger partial charge < -0.3 is 5.32 Å². The Balaban J connectivity index is 1.85. The number of imide groups is 1. The normalized spacial score (nSPS) is 13.8. The van der Waals surface area contributed by atoms with Crippen LogP contribution in [0.15, 0.2) is 66.4 Å². The van der Waals surface area contributed by atoms with Crippen molar-refractivity contribution in [2.45, 2.75) is 41.0 Å². The Bertz CT molecular complexity index is 1230. The molecule has 3 aromatic rings. The third-order valence-corrected chi connectivity index (χ3v) is 5.83. The molecule has 0 saturated carbocycles. The highest BCUT2D eigenvalue weighted by Gasteiger charge is 2.40. The van der Waals surface area contributed by atoms with Crippen LogP contribution in [0, 0.1) is 27.7 Å². The number of benzene rings is 3. The summed E-state index contributed by atoms with van der Waals surface area (Å²) in [6.07, 6.45) is 0.897. The average molecular weight is 425 g/mol. The molecule has 0 saturated heterocycles. The second-order valence-corrected chi connectivity index (χ2v) is 8.54. The molecule has 0 unspecified atom stereocenters. The molecule has 4 heteroatoms. The van der Waals surface area contributed by atoms with E-state index in [0.29, 0.717) is 17.0 Å². The summed E-state index contributed by atoms with van der Waals surface area (Å²) in [5, 5.41) is 3.28. The van der Waals surface area contributed by atoms with Crippen LogP contribution in [0.2, 0.25) is 0 Å². The van der Waals surface area contributed by atoms with E-state index < -0.39 is 0 Å². The van der Waals surface area contributed by atoms with Gasteiger partial charge in [0.05, 0.1) is 11.3 Å². The standard InChI is InChI=1S/C28H28N2O2/c1-6-21-8-10-23(11-9-21)30-27(31)25(24-12-7-17(2)14-20(24)5)26(28(30)32)29-22-15-18(3)13-19(4)16-22/h7-16,29H,6H2,1-5H3. The molecule has 1 aliphatic rings. The average Bonchev–Trinajstić information content (AvgIpc) is 2.97. The first-order chi connectivity index (χ1) is 15.3. The van der Waals surface area contributed by atoms with Crippen LogP contribution in [0.5, 0.6) is 0 Å². The number of aryl methyl sites for hydroxylation is 5. The lowest BCUT2D eigenvalue weighted by Gasteiger charge is -2.16. The van der Waals surface area contributed by atoms with Crippen molar-refractivity contribution in [2.24, 2.45) is 0 Å². The van der Waals surface area contributed by atoms with Crippen LogP contribution in [0.4, 0.5) is 11.4 Å². The second-order valence-electron chi connectivity index (χ2n) is 8.54. The van der Waals surface area contributed by atoms with Crippen molar-refractivity contribution in [3.8, 4) is 0 Å². The van der Waals surface area contributed by atoms with Gasteiger partial charge in [-0.3, -0.25) is 9.59 Å². The van der Waals surface area contributed by atoms with Gasteiger partial charge in [0.25, 0.3) is 11.8 Å². The van der Waals surface area contributed by atoms with Gasteiger partial charge in [-0.2, -0.15) is 0 Å². The van der Waals surface area contributed by atoms with E-state index in [-0.39, 0.29) is 11.8 Å². The maximum Gasteiger partial charge on any atom is 0.282 e. The van der Waals surface area contributed by atoms with Gasteiger partial charge in [0.2, 0.25) is 0 Å². The monoisotopic (exact) mass is 424 g/mol. The molecule has 0 aliphatic carbocycles. The maximum absolute atomic E-state index is 13.7. The molecule has 0 radical (unpaired) electrons. The Morgan fingerprint density at radius 3 is 2.00 bits per heavy atom. The van der Waals surface area contributed by atoms with Crippen LogP contribution in [0.1, 0.15) is 40.3 Å². The molecule has 0 spiro atoms. The zero-order valence-electron chi connectivity index (χ0n) is 19.2. The molecule has 2 amide bonds. The van der Waals surface area contributed by atoms with Crippen molar-refractivity contribution in [1.29, 1.82) is 0 Å². The van der Waals surface area contributed by atoms with Crippen molar-refractivity contribution < 1.29 is 9.59 Å². The largest absolute Gasteiger partial charge is 0.350 e. The first-order valence-electron chi connectivity index (χ1n) is 10.9. The predicted molar refractivity (Wildman–Crippen MR) is 131 cm³/mol. The third-order valence-electron chi connectivity index (χ3n) is 5.83. The lowest BCUT2D eigenvalue weighted by molar-refractivity contribution is -0.120. The number of amides is 2. The van der Waals surface area contributed by atoms with Gasteiger partial charge in [0.1, 0.15) is 5.70 Å². The van der Waals surface area contributed by atoms with E-state index in [4.69, 9.17) is 0 Å². The van der Waals surface area contributed by atoms with Crippen LogP contribution in [-0.2, 0) is 16.0 Å². The Morgan fingerprint density at radius 2 is 1.41 bits per heavy atom. The van der Waals surface area contributed by atoms with Crippen LogP contribution >= 0.6 is 0 Å². The SMILES string of the molecule is CCc1ccc(N2C(=O)C(Nc3cc(C)cc(C)c3)=C(c3ccc(C)cc3C)C2=O)cc1. The van der Waals surface area contributed by atoms with Gasteiger partial charge in [0, 0.05) is 5.69 Å². The molecular formula is C28H28N2O2. The van der Waals surface area contributed by atoms with Crippen molar-refractivity contribution in [3.63, 3.8) is 0 Å². The first kappa shape index (κ1) is 21.6. The van der Waals surface area contributed by atoms with Crippen LogP contribution < -0.4 is 10.2 Å². The van der Waals surface area contributed by atoms with Gasteiger partial charge in [-0.05, 0) is 86.2 Å². The summed E-state index contributed by atoms with van der Waals surface area (Å²) in [7, 11) is 0. The molecule has 3 aromatic carbocycles. The Hall–Kier alpha value is -3.66. The maximum atomic E-state index is 13.7. The topological polar surface area (TPSA) is 49.4 Å². The number of nitrogens with one attached hydrogen (secondary N) is 1. The van der Waals surface area contributed by atoms with E-state index in [1.807, 2.05) is 82.3 Å². The van der Waals surface area contributed by atoms with Crippen molar-refractivity contribution in [2.75, 3.05) is 10.2 Å².